The fourth-order valence-corrected chi connectivity index (χ4v) is 4.29. The van der Waals surface area contributed by atoms with Gasteiger partial charge in [-0.3, -0.25) is 19.1 Å². The largest absolute Gasteiger partial charge is 0.342 e. The Balaban J connectivity index is 1.52. The molecule has 1 aromatic heterocycles. The highest BCUT2D eigenvalue weighted by molar-refractivity contribution is 5.84. The zero-order valence-corrected chi connectivity index (χ0v) is 15.5. The number of pyridine rings is 1. The molecule has 0 bridgehead atoms. The van der Waals surface area contributed by atoms with Crippen molar-refractivity contribution >= 4 is 11.8 Å². The molecule has 1 atom stereocenters. The van der Waals surface area contributed by atoms with Crippen molar-refractivity contribution in [3.8, 4) is 0 Å². The molecule has 5 nitrogen and oxygen atoms in total. The first-order valence-electron chi connectivity index (χ1n) is 10.3. The maximum atomic E-state index is 13.2. The fraction of sp³-hybridized carbons (Fsp3) is 0.667. The summed E-state index contributed by atoms with van der Waals surface area (Å²) in [6.45, 7) is 1.37. The van der Waals surface area contributed by atoms with Crippen LogP contribution >= 0.6 is 0 Å². The molecule has 3 aliphatic rings. The van der Waals surface area contributed by atoms with Crippen molar-refractivity contribution in [3.63, 3.8) is 0 Å². The van der Waals surface area contributed by atoms with Gasteiger partial charge < -0.3 is 4.90 Å². The molecule has 140 valence electrons. The molecular formula is C21H29N3O2. The van der Waals surface area contributed by atoms with Crippen molar-refractivity contribution in [2.75, 3.05) is 13.1 Å². The molecule has 1 aliphatic heterocycles. The van der Waals surface area contributed by atoms with Crippen LogP contribution in [0.25, 0.3) is 0 Å². The summed E-state index contributed by atoms with van der Waals surface area (Å²) in [7, 11) is 0. The predicted molar refractivity (Wildman–Crippen MR) is 99.5 cm³/mol. The Kier molecular flexibility index (Phi) is 5.23. The molecule has 1 aromatic rings. The number of amides is 1. The van der Waals surface area contributed by atoms with Crippen LogP contribution in [0, 0.1) is 11.8 Å². The Morgan fingerprint density at radius 3 is 2.46 bits per heavy atom. The van der Waals surface area contributed by atoms with Crippen LogP contribution in [0.2, 0.25) is 0 Å². The molecule has 4 rings (SSSR count). The van der Waals surface area contributed by atoms with E-state index in [2.05, 4.69) is 0 Å². The van der Waals surface area contributed by atoms with Crippen LogP contribution in [0.15, 0.2) is 29.4 Å². The highest BCUT2D eigenvalue weighted by Crippen LogP contribution is 2.32. The van der Waals surface area contributed by atoms with Gasteiger partial charge in [0, 0.05) is 25.2 Å². The molecule has 0 aromatic carbocycles. The predicted octanol–water partition coefficient (Wildman–Crippen LogP) is 3.01. The molecule has 0 radical (unpaired) electrons. The lowest BCUT2D eigenvalue weighted by atomic mass is 9.96. The molecule has 0 spiro atoms. The van der Waals surface area contributed by atoms with Crippen LogP contribution < -0.4 is 5.49 Å². The number of rotatable bonds is 3. The van der Waals surface area contributed by atoms with Gasteiger partial charge in [0.15, 0.2) is 0 Å². The number of piperidine rings is 1. The second-order valence-electron chi connectivity index (χ2n) is 8.09. The number of nitrogens with zero attached hydrogens (tertiary/aromatic N) is 3. The van der Waals surface area contributed by atoms with Crippen LogP contribution in [-0.2, 0) is 4.79 Å². The van der Waals surface area contributed by atoms with E-state index >= 15 is 0 Å². The van der Waals surface area contributed by atoms with Crippen molar-refractivity contribution < 1.29 is 9.59 Å². The summed E-state index contributed by atoms with van der Waals surface area (Å²) in [5.74, 6) is 0.463. The third-order valence-electron chi connectivity index (χ3n) is 5.97. The Morgan fingerprint density at radius 1 is 0.885 bits per heavy atom. The zero-order chi connectivity index (χ0) is 17.9. The lowest BCUT2D eigenvalue weighted by Crippen LogP contribution is -2.45. The maximum Gasteiger partial charge on any atom is 0.237 e. The van der Waals surface area contributed by atoms with Crippen molar-refractivity contribution in [1.29, 1.82) is 0 Å². The number of hydrogen-bond donors (Lipinski definition) is 0. The fourth-order valence-electron chi connectivity index (χ4n) is 4.29. The Bertz CT molecular complexity index is 729. The summed E-state index contributed by atoms with van der Waals surface area (Å²) < 4.78 is 1.73. The lowest BCUT2D eigenvalue weighted by Gasteiger charge is -2.32. The van der Waals surface area contributed by atoms with Crippen molar-refractivity contribution in [2.24, 2.45) is 16.8 Å². The average Bonchev–Trinajstić information content (AvgIpc) is 3.53. The van der Waals surface area contributed by atoms with Crippen LogP contribution in [-0.4, -0.2) is 40.4 Å². The number of carbonyl (C=O) groups is 2. The maximum absolute atomic E-state index is 13.2. The minimum atomic E-state index is -0.112. The van der Waals surface area contributed by atoms with Gasteiger partial charge in [0.05, 0.1) is 12.0 Å². The van der Waals surface area contributed by atoms with Gasteiger partial charge in [0.25, 0.3) is 0 Å². The van der Waals surface area contributed by atoms with Crippen LogP contribution in [0.4, 0.5) is 0 Å². The Hall–Kier alpha value is -1.91. The van der Waals surface area contributed by atoms with Crippen LogP contribution in [0.3, 0.4) is 0 Å². The van der Waals surface area contributed by atoms with E-state index in [1.165, 1.54) is 19.3 Å². The number of likely N-dealkylation sites (tertiary alicyclic amines) is 1. The second kappa shape index (κ2) is 7.77. The number of carbonyl (C=O) groups excluding carboxylic acids is 2. The molecule has 0 N–H and O–H groups in total. The summed E-state index contributed by atoms with van der Waals surface area (Å²) in [4.78, 5) is 32.4. The van der Waals surface area contributed by atoms with Gasteiger partial charge in [-0.2, -0.15) is 0 Å². The second-order valence-corrected chi connectivity index (χ2v) is 8.09. The van der Waals surface area contributed by atoms with Gasteiger partial charge >= 0.3 is 0 Å². The van der Waals surface area contributed by atoms with Gasteiger partial charge in [-0.05, 0) is 50.7 Å². The standard InChI is InChI=1S/C21H29N3O2/c25-20(16-11-12-16)23-13-6-7-17(15-23)21(26)24-14-5-4-10-19(24)22-18-8-2-1-3-9-18/h4-5,10,14,16-18H,1-3,6-9,11-13,15H2. The SMILES string of the molecule is O=C(C1CC1)N1CCCC(C(=O)n2ccccc2=NC2CCCCC2)C1. The van der Waals surface area contributed by atoms with E-state index in [4.69, 9.17) is 4.99 Å². The monoisotopic (exact) mass is 355 g/mol. The molecular weight excluding hydrogens is 326 g/mol. The van der Waals surface area contributed by atoms with E-state index in [1.54, 1.807) is 4.57 Å². The van der Waals surface area contributed by atoms with Crippen molar-refractivity contribution in [1.82, 2.24) is 9.47 Å². The zero-order valence-electron chi connectivity index (χ0n) is 15.5. The number of aromatic nitrogens is 1. The van der Waals surface area contributed by atoms with E-state index < -0.39 is 0 Å². The van der Waals surface area contributed by atoms with Gasteiger partial charge in [-0.25, -0.2) is 0 Å². The highest BCUT2D eigenvalue weighted by Gasteiger charge is 2.37. The topological polar surface area (TPSA) is 54.7 Å². The van der Waals surface area contributed by atoms with Crippen LogP contribution in [0.5, 0.6) is 0 Å². The van der Waals surface area contributed by atoms with Gasteiger partial charge in [-0.1, -0.05) is 25.3 Å². The van der Waals surface area contributed by atoms with Crippen molar-refractivity contribution in [2.45, 2.75) is 63.8 Å². The third-order valence-corrected chi connectivity index (χ3v) is 5.97. The Labute approximate surface area is 155 Å². The van der Waals surface area contributed by atoms with E-state index in [0.717, 1.165) is 50.6 Å². The number of hydrogen-bond acceptors (Lipinski definition) is 3. The first-order chi connectivity index (χ1) is 12.7. The van der Waals surface area contributed by atoms with E-state index in [0.29, 0.717) is 12.6 Å². The molecule has 5 heteroatoms. The summed E-state index contributed by atoms with van der Waals surface area (Å²) >= 11 is 0. The van der Waals surface area contributed by atoms with E-state index in [-0.39, 0.29) is 23.7 Å². The summed E-state index contributed by atoms with van der Waals surface area (Å²) in [6.07, 6.45) is 11.7. The van der Waals surface area contributed by atoms with E-state index in [1.807, 2.05) is 29.3 Å². The molecule has 26 heavy (non-hydrogen) atoms. The summed E-state index contributed by atoms with van der Waals surface area (Å²) in [6, 6.07) is 6.13. The van der Waals surface area contributed by atoms with Crippen molar-refractivity contribution in [3.05, 3.63) is 29.9 Å². The Morgan fingerprint density at radius 2 is 1.69 bits per heavy atom. The molecule has 2 aliphatic carbocycles. The lowest BCUT2D eigenvalue weighted by molar-refractivity contribution is -0.134. The minimum absolute atomic E-state index is 0.0912. The molecule has 1 amide bonds. The molecule has 1 unspecified atom stereocenters. The van der Waals surface area contributed by atoms with Crippen LogP contribution in [0.1, 0.15) is 62.6 Å². The third kappa shape index (κ3) is 3.92. The highest BCUT2D eigenvalue weighted by atomic mass is 16.2. The molecule has 1 saturated heterocycles. The molecule has 3 fully saturated rings. The summed E-state index contributed by atoms with van der Waals surface area (Å²) in [5, 5.41) is 0. The van der Waals surface area contributed by atoms with Gasteiger partial charge in [-0.15, -0.1) is 0 Å². The van der Waals surface area contributed by atoms with Gasteiger partial charge in [0.1, 0.15) is 5.49 Å². The quantitative estimate of drug-likeness (QED) is 0.837. The smallest absolute Gasteiger partial charge is 0.237 e. The average molecular weight is 355 g/mol. The van der Waals surface area contributed by atoms with Gasteiger partial charge in [0.2, 0.25) is 11.8 Å². The van der Waals surface area contributed by atoms with E-state index in [9.17, 15) is 9.59 Å². The first-order valence-corrected chi connectivity index (χ1v) is 10.3. The first kappa shape index (κ1) is 17.5. The molecule has 2 heterocycles. The minimum Gasteiger partial charge on any atom is -0.342 e. The normalized spacial score (nSPS) is 25.3. The summed E-state index contributed by atoms with van der Waals surface area (Å²) in [5.41, 5.74) is 0.773. The molecule has 2 saturated carbocycles.